The molecular weight excluding hydrogens is 618 g/mol. The van der Waals surface area contributed by atoms with E-state index in [0.717, 1.165) is 27.4 Å². The first-order chi connectivity index (χ1) is 22.2. The predicted octanol–water partition coefficient (Wildman–Crippen LogP) is 5.80. The summed E-state index contributed by atoms with van der Waals surface area (Å²) in [5, 5.41) is 18.0. The lowest BCUT2D eigenvalue weighted by Crippen LogP contribution is -2.48. The molecule has 3 amide bonds. The van der Waals surface area contributed by atoms with Crippen molar-refractivity contribution in [3.63, 3.8) is 0 Å². The number of aliphatic hydroxyl groups excluding tert-OH is 1. The van der Waals surface area contributed by atoms with Gasteiger partial charge in [0, 0.05) is 38.0 Å². The number of hydrogen-bond donors (Lipinski definition) is 2. The van der Waals surface area contributed by atoms with E-state index in [1.54, 1.807) is 16.2 Å². The third-order valence-corrected chi connectivity index (χ3v) is 9.97. The Hall–Kier alpha value is -3.77. The molecular formula is C35H47N5O6S. The van der Waals surface area contributed by atoms with Crippen LogP contribution < -0.4 is 5.32 Å². The summed E-state index contributed by atoms with van der Waals surface area (Å²) in [4.78, 5) is 48.8. The summed E-state index contributed by atoms with van der Waals surface area (Å²) in [5.74, 6) is -0.849. The third-order valence-electron chi connectivity index (χ3n) is 8.99. The van der Waals surface area contributed by atoms with Gasteiger partial charge in [-0.3, -0.25) is 9.59 Å². The molecule has 0 spiro atoms. The number of amides is 3. The second kappa shape index (κ2) is 14.1. The van der Waals surface area contributed by atoms with Crippen LogP contribution in [0.4, 0.5) is 4.79 Å². The van der Waals surface area contributed by atoms with Crippen molar-refractivity contribution in [3.05, 3.63) is 58.6 Å². The Morgan fingerprint density at radius 3 is 2.38 bits per heavy atom. The van der Waals surface area contributed by atoms with Gasteiger partial charge < -0.3 is 29.5 Å². The lowest BCUT2D eigenvalue weighted by atomic mass is 9.89. The number of hydrogen-bond acceptors (Lipinski definition) is 9. The zero-order valence-electron chi connectivity index (χ0n) is 28.4. The maximum Gasteiger partial charge on any atom is 0.410 e. The number of rotatable bonds is 8. The van der Waals surface area contributed by atoms with Gasteiger partial charge in [0.1, 0.15) is 23.3 Å². The summed E-state index contributed by atoms with van der Waals surface area (Å²) in [6, 6.07) is 8.77. The number of nitrogens with zero attached hydrogens (tertiary/aromatic N) is 4. The van der Waals surface area contributed by atoms with Gasteiger partial charge in [-0.25, -0.2) is 9.78 Å². The second-order valence-electron chi connectivity index (χ2n) is 14.1. The van der Waals surface area contributed by atoms with E-state index < -0.39 is 23.7 Å². The van der Waals surface area contributed by atoms with Crippen LogP contribution >= 0.6 is 11.3 Å². The SMILES string of the molecule is Cc1ncsc1-c1ccc([C@H](C)NC(=O)[C@@H]2C[C@@H](O)CN2C(=O)[C@@H](c2cc(C3CCN(C(=O)OC(C)(C)C)CC3)no2)C(C)C)cc1. The smallest absolute Gasteiger partial charge is 0.410 e. The number of aryl methyl sites for hydroxylation is 1. The van der Waals surface area contributed by atoms with Crippen molar-refractivity contribution in [2.24, 2.45) is 5.92 Å². The van der Waals surface area contributed by atoms with Crippen molar-refractivity contribution >= 4 is 29.2 Å². The van der Waals surface area contributed by atoms with Crippen LogP contribution in [0.3, 0.4) is 0 Å². The van der Waals surface area contributed by atoms with E-state index in [4.69, 9.17) is 9.26 Å². The topological polar surface area (TPSA) is 138 Å². The summed E-state index contributed by atoms with van der Waals surface area (Å²) in [5.41, 5.74) is 5.02. The van der Waals surface area contributed by atoms with E-state index in [1.807, 2.05) is 84.3 Å². The number of aromatic nitrogens is 2. The number of piperidine rings is 1. The van der Waals surface area contributed by atoms with Gasteiger partial charge in [0.2, 0.25) is 11.8 Å². The van der Waals surface area contributed by atoms with Crippen molar-refractivity contribution in [1.82, 2.24) is 25.3 Å². The molecule has 0 bridgehead atoms. The number of nitrogens with one attached hydrogen (secondary N) is 1. The summed E-state index contributed by atoms with van der Waals surface area (Å²) in [6.45, 7) is 14.5. The highest BCUT2D eigenvalue weighted by molar-refractivity contribution is 7.13. The van der Waals surface area contributed by atoms with Crippen LogP contribution in [-0.2, 0) is 14.3 Å². The molecule has 5 rings (SSSR count). The minimum Gasteiger partial charge on any atom is -0.444 e. The van der Waals surface area contributed by atoms with Crippen LogP contribution in [0.25, 0.3) is 10.4 Å². The number of ether oxygens (including phenoxy) is 1. The van der Waals surface area contributed by atoms with E-state index in [1.165, 1.54) is 4.90 Å². The molecule has 0 aliphatic carbocycles. The van der Waals surface area contributed by atoms with Gasteiger partial charge in [-0.2, -0.15) is 0 Å². The molecule has 254 valence electrons. The second-order valence-corrected chi connectivity index (χ2v) is 15.0. The molecule has 0 radical (unpaired) electrons. The Balaban J connectivity index is 1.23. The molecule has 47 heavy (non-hydrogen) atoms. The van der Waals surface area contributed by atoms with E-state index in [0.29, 0.717) is 31.7 Å². The number of benzene rings is 1. The fraction of sp³-hybridized carbons (Fsp3) is 0.571. The molecule has 1 aromatic carbocycles. The quantitative estimate of drug-likeness (QED) is 0.308. The van der Waals surface area contributed by atoms with Crippen LogP contribution in [0.5, 0.6) is 0 Å². The average Bonchev–Trinajstić information content (AvgIpc) is 3.76. The predicted molar refractivity (Wildman–Crippen MR) is 179 cm³/mol. The number of carbonyl (C=O) groups excluding carboxylic acids is 3. The van der Waals surface area contributed by atoms with Crippen molar-refractivity contribution in [3.8, 4) is 10.4 Å². The molecule has 2 aromatic heterocycles. The van der Waals surface area contributed by atoms with Crippen LogP contribution in [0, 0.1) is 12.8 Å². The van der Waals surface area contributed by atoms with E-state index in [-0.39, 0.29) is 48.8 Å². The Labute approximate surface area is 280 Å². The van der Waals surface area contributed by atoms with Crippen LogP contribution in [0.1, 0.15) is 101 Å². The molecule has 0 unspecified atom stereocenters. The molecule has 3 aromatic rings. The van der Waals surface area contributed by atoms with Gasteiger partial charge in [-0.1, -0.05) is 43.3 Å². The molecule has 4 heterocycles. The van der Waals surface area contributed by atoms with E-state index in [2.05, 4.69) is 15.5 Å². The fourth-order valence-electron chi connectivity index (χ4n) is 6.44. The van der Waals surface area contributed by atoms with Gasteiger partial charge in [-0.15, -0.1) is 11.3 Å². The van der Waals surface area contributed by atoms with Gasteiger partial charge in [-0.05, 0) is 64.5 Å². The molecule has 2 N–H and O–H groups in total. The number of aliphatic hydroxyl groups is 1. The normalized spacial score (nSPS) is 20.4. The van der Waals surface area contributed by atoms with Crippen molar-refractivity contribution in [2.45, 2.75) is 103 Å². The Kier molecular flexibility index (Phi) is 10.4. The van der Waals surface area contributed by atoms with E-state index >= 15 is 0 Å². The Morgan fingerprint density at radius 1 is 1.11 bits per heavy atom. The van der Waals surface area contributed by atoms with E-state index in [9.17, 15) is 19.5 Å². The highest BCUT2D eigenvalue weighted by Gasteiger charge is 2.43. The summed E-state index contributed by atoms with van der Waals surface area (Å²) >= 11 is 1.59. The maximum atomic E-state index is 14.1. The molecule has 0 saturated carbocycles. The summed E-state index contributed by atoms with van der Waals surface area (Å²) in [6.07, 6.45) is 0.454. The Morgan fingerprint density at radius 2 is 1.79 bits per heavy atom. The van der Waals surface area contributed by atoms with Crippen molar-refractivity contribution < 1.29 is 28.8 Å². The van der Waals surface area contributed by atoms with Crippen LogP contribution in [0.15, 0.2) is 40.4 Å². The monoisotopic (exact) mass is 665 g/mol. The standard InChI is InChI=1S/C35H47N5O6S/c1-20(2)30(29-17-27(38-46-29)24-12-14-39(15-13-24)34(44)45-35(5,6)7)33(43)40-18-26(41)16-28(40)32(42)37-21(3)23-8-10-25(11-9-23)31-22(4)36-19-47-31/h8-11,17,19-21,24,26,28,30,41H,12-16,18H2,1-7H3,(H,37,42)/t21-,26+,28-,30+/m0/s1. The minimum absolute atomic E-state index is 0.0710. The van der Waals surface area contributed by atoms with Gasteiger partial charge in [0.25, 0.3) is 0 Å². The third kappa shape index (κ3) is 8.03. The number of likely N-dealkylation sites (tertiary alicyclic amines) is 2. The van der Waals surface area contributed by atoms with Crippen molar-refractivity contribution in [2.75, 3.05) is 19.6 Å². The summed E-state index contributed by atoms with van der Waals surface area (Å²) < 4.78 is 11.3. The highest BCUT2D eigenvalue weighted by Crippen LogP contribution is 2.35. The lowest BCUT2D eigenvalue weighted by Gasteiger charge is -2.32. The fourth-order valence-corrected chi connectivity index (χ4v) is 7.25. The molecule has 2 aliphatic rings. The average molecular weight is 666 g/mol. The number of β-amino-alcohol motifs (C(OH)–C–C–N with tert-alkyl or cyclic N) is 1. The molecule has 12 heteroatoms. The largest absolute Gasteiger partial charge is 0.444 e. The maximum absolute atomic E-state index is 14.1. The van der Waals surface area contributed by atoms with Gasteiger partial charge >= 0.3 is 6.09 Å². The molecule has 11 nitrogen and oxygen atoms in total. The zero-order chi connectivity index (χ0) is 34.0. The number of thiazole rings is 1. The zero-order valence-corrected chi connectivity index (χ0v) is 29.2. The minimum atomic E-state index is -0.806. The summed E-state index contributed by atoms with van der Waals surface area (Å²) in [7, 11) is 0. The highest BCUT2D eigenvalue weighted by atomic mass is 32.1. The molecule has 4 atom stereocenters. The molecule has 2 aliphatic heterocycles. The van der Waals surface area contributed by atoms with Gasteiger partial charge in [0.15, 0.2) is 0 Å². The first kappa shape index (κ1) is 34.6. The molecule has 2 saturated heterocycles. The first-order valence-corrected chi connectivity index (χ1v) is 17.3. The van der Waals surface area contributed by atoms with Crippen LogP contribution in [0.2, 0.25) is 0 Å². The van der Waals surface area contributed by atoms with Crippen molar-refractivity contribution in [1.29, 1.82) is 0 Å². The number of carbonyl (C=O) groups is 3. The lowest BCUT2D eigenvalue weighted by molar-refractivity contribution is -0.141. The van der Waals surface area contributed by atoms with Crippen LogP contribution in [-0.4, -0.2) is 80.3 Å². The first-order valence-electron chi connectivity index (χ1n) is 16.5. The van der Waals surface area contributed by atoms with Gasteiger partial charge in [0.05, 0.1) is 33.9 Å². The molecule has 2 fully saturated rings. The Bertz CT molecular complexity index is 1550.